The molecule has 0 aliphatic carbocycles. The fourth-order valence-electron chi connectivity index (χ4n) is 3.52. The molecule has 0 spiro atoms. The average Bonchev–Trinajstić information content (AvgIpc) is 2.59. The molecule has 0 aromatic heterocycles. The second-order valence-electron chi connectivity index (χ2n) is 7.76. The van der Waals surface area contributed by atoms with Crippen molar-refractivity contribution in [2.75, 3.05) is 0 Å². The third-order valence-electron chi connectivity index (χ3n) is 5.22. The number of rotatable bonds is 19. The normalized spacial score (nSPS) is 13.4. The van der Waals surface area contributed by atoms with Gasteiger partial charge in [0.2, 0.25) is 0 Å². The Bertz CT molecular complexity index is 238. The van der Waals surface area contributed by atoms with E-state index in [9.17, 15) is 0 Å². The number of hydrogen-bond acceptors (Lipinski definition) is 1. The molecule has 1 nitrogen and oxygen atoms in total. The molecule has 150 valence electrons. The summed E-state index contributed by atoms with van der Waals surface area (Å²) in [4.78, 5) is 0. The summed E-state index contributed by atoms with van der Waals surface area (Å²) >= 11 is 0. The minimum atomic E-state index is 0. The number of unbranched alkanes of at least 4 members (excludes halogenated alkanes) is 10. The van der Waals surface area contributed by atoms with Gasteiger partial charge in [-0.2, -0.15) is 6.42 Å². The van der Waals surface area contributed by atoms with Crippen LogP contribution in [-0.2, 0) is 4.52 Å². The van der Waals surface area contributed by atoms with Gasteiger partial charge in [-0.15, -0.1) is 0 Å². The standard InChI is InChI=1S/C22H46OP.U/c1-4-6-18-21(3)19-15-13-11-9-7-8-10-12-14-16-20-22(23-24)17-5-2;/h21-22H,1,4-20,24H2,2-3H3;/q-1;. The van der Waals surface area contributed by atoms with Crippen molar-refractivity contribution in [1.29, 1.82) is 0 Å². The van der Waals surface area contributed by atoms with Gasteiger partial charge < -0.3 is 11.4 Å². The predicted molar refractivity (Wildman–Crippen MR) is 113 cm³/mol. The molecule has 0 amide bonds. The molecule has 3 unspecified atom stereocenters. The molecule has 0 saturated heterocycles. The molecule has 0 aromatic carbocycles. The van der Waals surface area contributed by atoms with Crippen LogP contribution in [0, 0.1) is 44.0 Å². The fourth-order valence-corrected chi connectivity index (χ4v) is 3.79. The van der Waals surface area contributed by atoms with Crippen LogP contribution in [0.5, 0.6) is 0 Å². The van der Waals surface area contributed by atoms with Crippen molar-refractivity contribution in [3.8, 4) is 0 Å². The summed E-state index contributed by atoms with van der Waals surface area (Å²) in [5.74, 6) is 0.917. The predicted octanol–water partition coefficient (Wildman–Crippen LogP) is 8.28. The molecule has 0 N–H and O–H groups in total. The van der Waals surface area contributed by atoms with E-state index in [4.69, 9.17) is 4.52 Å². The second kappa shape index (κ2) is 23.5. The van der Waals surface area contributed by atoms with Gasteiger partial charge in [-0.3, -0.25) is 0 Å². The smallest absolute Gasteiger partial charge is 0.0610 e. The molecule has 0 aliphatic rings. The van der Waals surface area contributed by atoms with Gasteiger partial charge in [0, 0.05) is 40.6 Å². The maximum atomic E-state index is 5.43. The third-order valence-corrected chi connectivity index (χ3v) is 5.61. The Kier molecular flexibility index (Phi) is 26.9. The summed E-state index contributed by atoms with van der Waals surface area (Å²) in [6, 6.07) is 0. The van der Waals surface area contributed by atoms with Crippen LogP contribution >= 0.6 is 9.47 Å². The van der Waals surface area contributed by atoms with Gasteiger partial charge in [-0.1, -0.05) is 104 Å². The second-order valence-corrected chi connectivity index (χ2v) is 8.03. The van der Waals surface area contributed by atoms with Crippen molar-refractivity contribution in [2.45, 2.75) is 129 Å². The SMILES string of the molecule is [CH2-]CCCC(C)CCCCCCCCCCCCC(CCC)OP.[U]. The van der Waals surface area contributed by atoms with Crippen LogP contribution in [0.1, 0.15) is 123 Å². The van der Waals surface area contributed by atoms with E-state index in [2.05, 4.69) is 30.2 Å². The minimum absolute atomic E-state index is 0. The van der Waals surface area contributed by atoms with Gasteiger partial charge >= 0.3 is 0 Å². The Morgan fingerprint density at radius 2 is 1.16 bits per heavy atom. The van der Waals surface area contributed by atoms with E-state index in [0.29, 0.717) is 6.10 Å². The van der Waals surface area contributed by atoms with E-state index in [1.165, 1.54) is 103 Å². The zero-order chi connectivity index (χ0) is 17.9. The first kappa shape index (κ1) is 28.6. The van der Waals surface area contributed by atoms with Crippen LogP contribution < -0.4 is 0 Å². The van der Waals surface area contributed by atoms with Crippen LogP contribution in [0.25, 0.3) is 0 Å². The van der Waals surface area contributed by atoms with Crippen molar-refractivity contribution in [2.24, 2.45) is 5.92 Å². The molecule has 0 rings (SSSR count). The molecule has 0 radical (unpaired) electrons. The monoisotopic (exact) mass is 595 g/mol. The summed E-state index contributed by atoms with van der Waals surface area (Å²) < 4.78 is 5.43. The van der Waals surface area contributed by atoms with E-state index in [1.807, 2.05) is 0 Å². The van der Waals surface area contributed by atoms with E-state index in [-0.39, 0.29) is 31.1 Å². The van der Waals surface area contributed by atoms with Gasteiger partial charge in [0.1, 0.15) is 0 Å². The molecule has 0 heterocycles. The molecule has 0 aliphatic heterocycles. The van der Waals surface area contributed by atoms with Crippen LogP contribution in [0.15, 0.2) is 0 Å². The summed E-state index contributed by atoms with van der Waals surface area (Å²) in [7, 11) is 2.44. The quantitative estimate of drug-likeness (QED) is 0.0830. The Balaban J connectivity index is 0. The van der Waals surface area contributed by atoms with Crippen molar-refractivity contribution < 1.29 is 35.6 Å². The minimum Gasteiger partial charge on any atom is -0.362 e. The molecule has 0 aromatic rings. The van der Waals surface area contributed by atoms with Crippen LogP contribution in [0.4, 0.5) is 0 Å². The maximum absolute atomic E-state index is 5.43. The first-order valence-corrected chi connectivity index (χ1v) is 11.4. The summed E-state index contributed by atoms with van der Waals surface area (Å²) in [6.07, 6.45) is 23.6. The molecule has 0 saturated carbocycles. The topological polar surface area (TPSA) is 9.23 Å². The van der Waals surface area contributed by atoms with Crippen LogP contribution in [0.2, 0.25) is 0 Å². The van der Waals surface area contributed by atoms with Gasteiger partial charge in [0.05, 0.1) is 6.10 Å². The summed E-state index contributed by atoms with van der Waals surface area (Å²) in [6.45, 7) is 8.58. The van der Waals surface area contributed by atoms with Crippen molar-refractivity contribution in [3.63, 3.8) is 0 Å². The molecular weight excluding hydrogens is 549 g/mol. The molecule has 0 fully saturated rings. The molecule has 3 atom stereocenters. The van der Waals surface area contributed by atoms with E-state index < -0.39 is 0 Å². The van der Waals surface area contributed by atoms with E-state index in [0.717, 1.165) is 12.3 Å². The van der Waals surface area contributed by atoms with Gasteiger partial charge in [-0.25, -0.2) is 0 Å². The first-order chi connectivity index (χ1) is 11.7. The maximum Gasteiger partial charge on any atom is 0.0610 e. The molecule has 3 heteroatoms. The molecule has 25 heavy (non-hydrogen) atoms. The van der Waals surface area contributed by atoms with Crippen molar-refractivity contribution in [3.05, 3.63) is 6.92 Å². The largest absolute Gasteiger partial charge is 0.362 e. The zero-order valence-electron chi connectivity index (χ0n) is 17.4. The molecular formula is C22H46OPU-. The zero-order valence-corrected chi connectivity index (χ0v) is 22.7. The fraction of sp³-hybridized carbons (Fsp3) is 0.955. The summed E-state index contributed by atoms with van der Waals surface area (Å²) in [5, 5.41) is 0. The molecule has 0 bridgehead atoms. The van der Waals surface area contributed by atoms with Gasteiger partial charge in [0.25, 0.3) is 0 Å². The first-order valence-electron chi connectivity index (χ1n) is 10.9. The number of hydrogen-bond donors (Lipinski definition) is 0. The summed E-state index contributed by atoms with van der Waals surface area (Å²) in [5.41, 5.74) is 0. The third kappa shape index (κ3) is 21.6. The van der Waals surface area contributed by atoms with E-state index in [1.54, 1.807) is 0 Å². The Hall–Kier alpha value is 1.44. The Morgan fingerprint density at radius 1 is 0.720 bits per heavy atom. The van der Waals surface area contributed by atoms with Gasteiger partial charge in [-0.05, 0) is 18.8 Å². The Labute approximate surface area is 186 Å². The average molecular weight is 596 g/mol. The van der Waals surface area contributed by atoms with Gasteiger partial charge in [0.15, 0.2) is 0 Å². The van der Waals surface area contributed by atoms with E-state index >= 15 is 0 Å². The van der Waals surface area contributed by atoms with Crippen molar-refractivity contribution in [1.82, 2.24) is 0 Å². The Morgan fingerprint density at radius 3 is 1.60 bits per heavy atom. The van der Waals surface area contributed by atoms with Crippen molar-refractivity contribution >= 4 is 9.47 Å². The van der Waals surface area contributed by atoms with Crippen LogP contribution in [0.3, 0.4) is 0 Å². The van der Waals surface area contributed by atoms with Crippen LogP contribution in [-0.4, -0.2) is 6.10 Å².